The SMILES string of the molecule is CC(C)Cn1nnc(C(=O)O)c1-c1ccc2c(c1)OCO2. The van der Waals surface area contributed by atoms with Crippen molar-refractivity contribution in [2.75, 3.05) is 6.79 Å². The summed E-state index contributed by atoms with van der Waals surface area (Å²) < 4.78 is 12.2. The molecule has 0 spiro atoms. The van der Waals surface area contributed by atoms with E-state index in [0.717, 1.165) is 0 Å². The van der Waals surface area contributed by atoms with Gasteiger partial charge in [0.1, 0.15) is 5.69 Å². The summed E-state index contributed by atoms with van der Waals surface area (Å²) in [5, 5.41) is 17.0. The zero-order valence-electron chi connectivity index (χ0n) is 11.7. The minimum Gasteiger partial charge on any atom is -0.476 e. The standard InChI is InChI=1S/C14H15N3O4/c1-8(2)6-17-13(12(14(18)19)15-16-17)9-3-4-10-11(5-9)21-7-20-10/h3-5,8H,6-7H2,1-2H3,(H,18,19). The van der Waals surface area contributed by atoms with Gasteiger partial charge in [-0.1, -0.05) is 19.1 Å². The highest BCUT2D eigenvalue weighted by Crippen LogP contribution is 2.36. The molecule has 0 unspecified atom stereocenters. The van der Waals surface area contributed by atoms with Gasteiger partial charge in [0, 0.05) is 12.1 Å². The molecule has 1 N–H and O–H groups in total. The Kier molecular flexibility index (Phi) is 3.25. The largest absolute Gasteiger partial charge is 0.476 e. The number of carboxylic acid groups (broad SMARTS) is 1. The van der Waals surface area contributed by atoms with Gasteiger partial charge in [0.15, 0.2) is 17.2 Å². The lowest BCUT2D eigenvalue weighted by Gasteiger charge is -2.10. The number of fused-ring (bicyclic) bond motifs is 1. The first-order chi connectivity index (χ1) is 10.1. The van der Waals surface area contributed by atoms with Crippen LogP contribution >= 0.6 is 0 Å². The Morgan fingerprint density at radius 1 is 1.38 bits per heavy atom. The van der Waals surface area contributed by atoms with Crippen molar-refractivity contribution in [3.8, 4) is 22.8 Å². The van der Waals surface area contributed by atoms with Gasteiger partial charge in [0.25, 0.3) is 0 Å². The molecule has 0 aliphatic carbocycles. The molecule has 1 aliphatic rings. The summed E-state index contributed by atoms with van der Waals surface area (Å²) in [5.41, 5.74) is 1.12. The van der Waals surface area contributed by atoms with E-state index in [1.54, 1.807) is 22.9 Å². The van der Waals surface area contributed by atoms with E-state index in [-0.39, 0.29) is 12.5 Å². The number of hydrogen-bond acceptors (Lipinski definition) is 5. The normalized spacial score (nSPS) is 12.9. The third-order valence-electron chi connectivity index (χ3n) is 3.12. The van der Waals surface area contributed by atoms with Crippen LogP contribution in [0.3, 0.4) is 0 Å². The number of aromatic nitrogens is 3. The number of benzene rings is 1. The molecule has 0 atom stereocenters. The monoisotopic (exact) mass is 289 g/mol. The molecule has 7 heteroatoms. The second-order valence-electron chi connectivity index (χ2n) is 5.24. The molecule has 110 valence electrons. The first kappa shape index (κ1) is 13.4. The fourth-order valence-corrected chi connectivity index (χ4v) is 2.26. The molecular formula is C14H15N3O4. The lowest BCUT2D eigenvalue weighted by molar-refractivity contribution is 0.0691. The van der Waals surface area contributed by atoms with Crippen LogP contribution in [-0.2, 0) is 6.54 Å². The van der Waals surface area contributed by atoms with Crippen LogP contribution in [0.5, 0.6) is 11.5 Å². The number of rotatable bonds is 4. The minimum absolute atomic E-state index is 0.0606. The summed E-state index contributed by atoms with van der Waals surface area (Å²) in [4.78, 5) is 11.4. The number of ether oxygens (including phenoxy) is 2. The van der Waals surface area contributed by atoms with Gasteiger partial charge in [-0.15, -0.1) is 5.10 Å². The van der Waals surface area contributed by atoms with E-state index in [0.29, 0.717) is 35.2 Å². The molecule has 0 saturated heterocycles. The van der Waals surface area contributed by atoms with Crippen molar-refractivity contribution in [2.24, 2.45) is 5.92 Å². The van der Waals surface area contributed by atoms with Gasteiger partial charge in [-0.3, -0.25) is 0 Å². The fourth-order valence-electron chi connectivity index (χ4n) is 2.26. The van der Waals surface area contributed by atoms with Crippen LogP contribution in [0.15, 0.2) is 18.2 Å². The second kappa shape index (κ2) is 5.08. The summed E-state index contributed by atoms with van der Waals surface area (Å²) in [6, 6.07) is 5.30. The number of nitrogens with zero attached hydrogens (tertiary/aromatic N) is 3. The van der Waals surface area contributed by atoms with Crippen molar-refractivity contribution < 1.29 is 19.4 Å². The van der Waals surface area contributed by atoms with Crippen molar-refractivity contribution in [2.45, 2.75) is 20.4 Å². The Morgan fingerprint density at radius 3 is 2.86 bits per heavy atom. The average Bonchev–Trinajstić information content (AvgIpc) is 3.03. The summed E-state index contributed by atoms with van der Waals surface area (Å²) in [6.07, 6.45) is 0. The van der Waals surface area contributed by atoms with E-state index >= 15 is 0 Å². The van der Waals surface area contributed by atoms with Gasteiger partial charge < -0.3 is 14.6 Å². The van der Waals surface area contributed by atoms with E-state index in [9.17, 15) is 9.90 Å². The second-order valence-corrected chi connectivity index (χ2v) is 5.24. The maximum absolute atomic E-state index is 11.4. The predicted molar refractivity (Wildman–Crippen MR) is 73.4 cm³/mol. The van der Waals surface area contributed by atoms with E-state index in [2.05, 4.69) is 10.3 Å². The fraction of sp³-hybridized carbons (Fsp3) is 0.357. The lowest BCUT2D eigenvalue weighted by Crippen LogP contribution is -2.09. The zero-order chi connectivity index (χ0) is 15.0. The number of carbonyl (C=O) groups is 1. The first-order valence-electron chi connectivity index (χ1n) is 6.63. The van der Waals surface area contributed by atoms with Crippen LogP contribution in [-0.4, -0.2) is 32.9 Å². The molecule has 1 aromatic carbocycles. The molecule has 0 radical (unpaired) electrons. The molecule has 3 rings (SSSR count). The van der Waals surface area contributed by atoms with Gasteiger partial charge >= 0.3 is 5.97 Å². The maximum atomic E-state index is 11.4. The molecular weight excluding hydrogens is 274 g/mol. The van der Waals surface area contributed by atoms with Crippen LogP contribution in [0.4, 0.5) is 0 Å². The lowest BCUT2D eigenvalue weighted by atomic mass is 10.1. The van der Waals surface area contributed by atoms with E-state index in [1.807, 2.05) is 13.8 Å². The number of hydrogen-bond donors (Lipinski definition) is 1. The summed E-state index contributed by atoms with van der Waals surface area (Å²) in [7, 11) is 0. The van der Waals surface area contributed by atoms with Crippen LogP contribution in [0.2, 0.25) is 0 Å². The Hall–Kier alpha value is -2.57. The molecule has 0 saturated carbocycles. The van der Waals surface area contributed by atoms with E-state index < -0.39 is 5.97 Å². The summed E-state index contributed by atoms with van der Waals surface area (Å²) in [5.74, 6) is 0.471. The van der Waals surface area contributed by atoms with Crippen LogP contribution in [0, 0.1) is 5.92 Å². The van der Waals surface area contributed by atoms with Gasteiger partial charge in [-0.05, 0) is 24.1 Å². The Balaban J connectivity index is 2.11. The first-order valence-corrected chi connectivity index (χ1v) is 6.63. The quantitative estimate of drug-likeness (QED) is 0.926. The molecule has 7 nitrogen and oxygen atoms in total. The van der Waals surface area contributed by atoms with Crippen molar-refractivity contribution in [1.29, 1.82) is 0 Å². The highest BCUT2D eigenvalue weighted by Gasteiger charge is 2.23. The maximum Gasteiger partial charge on any atom is 0.358 e. The number of aromatic carboxylic acids is 1. The topological polar surface area (TPSA) is 86.5 Å². The van der Waals surface area contributed by atoms with Crippen molar-refractivity contribution >= 4 is 5.97 Å². The van der Waals surface area contributed by atoms with E-state index in [1.165, 1.54) is 0 Å². The average molecular weight is 289 g/mol. The van der Waals surface area contributed by atoms with Crippen LogP contribution < -0.4 is 9.47 Å². The molecule has 1 aliphatic heterocycles. The molecule has 0 bridgehead atoms. The third kappa shape index (κ3) is 2.42. The molecule has 2 aromatic rings. The predicted octanol–water partition coefficient (Wildman–Crippen LogP) is 2.03. The van der Waals surface area contributed by atoms with Crippen LogP contribution in [0.25, 0.3) is 11.3 Å². The van der Waals surface area contributed by atoms with Gasteiger partial charge in [-0.25, -0.2) is 9.48 Å². The number of carboxylic acids is 1. The molecule has 1 aromatic heterocycles. The highest BCUT2D eigenvalue weighted by molar-refractivity contribution is 5.92. The molecule has 0 fully saturated rings. The van der Waals surface area contributed by atoms with Gasteiger partial charge in [0.05, 0.1) is 0 Å². The van der Waals surface area contributed by atoms with Gasteiger partial charge in [-0.2, -0.15) is 0 Å². The molecule has 2 heterocycles. The van der Waals surface area contributed by atoms with Gasteiger partial charge in [0.2, 0.25) is 6.79 Å². The van der Waals surface area contributed by atoms with Crippen molar-refractivity contribution in [1.82, 2.24) is 15.0 Å². The molecule has 21 heavy (non-hydrogen) atoms. The molecule has 0 amide bonds. The Labute approximate surface area is 121 Å². The van der Waals surface area contributed by atoms with E-state index in [4.69, 9.17) is 9.47 Å². The zero-order valence-corrected chi connectivity index (χ0v) is 11.7. The Morgan fingerprint density at radius 2 is 2.14 bits per heavy atom. The van der Waals surface area contributed by atoms with Crippen molar-refractivity contribution in [3.05, 3.63) is 23.9 Å². The minimum atomic E-state index is -1.10. The summed E-state index contributed by atoms with van der Waals surface area (Å²) >= 11 is 0. The van der Waals surface area contributed by atoms with Crippen LogP contribution in [0.1, 0.15) is 24.3 Å². The smallest absolute Gasteiger partial charge is 0.358 e. The summed E-state index contributed by atoms with van der Waals surface area (Å²) in [6.45, 7) is 4.83. The third-order valence-corrected chi connectivity index (χ3v) is 3.12. The highest BCUT2D eigenvalue weighted by atomic mass is 16.7. The Bertz CT molecular complexity index is 694. The van der Waals surface area contributed by atoms with Crippen molar-refractivity contribution in [3.63, 3.8) is 0 Å².